The van der Waals surface area contributed by atoms with E-state index in [0.717, 1.165) is 11.1 Å². The van der Waals surface area contributed by atoms with E-state index in [9.17, 15) is 18.5 Å². The molecule has 3 aliphatic rings. The fourth-order valence-electron chi connectivity index (χ4n) is 3.91. The number of carbonyl (C=O) groups is 1. The molecular weight excluding hydrogens is 389 g/mol. The first-order valence-corrected chi connectivity index (χ1v) is 10.5. The molecular formula is C17H18FN5O4S. The minimum absolute atomic E-state index is 0.00119. The van der Waals surface area contributed by atoms with E-state index < -0.39 is 22.0 Å². The van der Waals surface area contributed by atoms with Gasteiger partial charge in [0.1, 0.15) is 23.4 Å². The van der Waals surface area contributed by atoms with E-state index in [1.54, 1.807) is 0 Å². The van der Waals surface area contributed by atoms with E-state index in [2.05, 4.69) is 14.8 Å². The number of benzene rings is 1. The van der Waals surface area contributed by atoms with Crippen LogP contribution in [0.15, 0.2) is 15.5 Å². The number of carbonyl (C=O) groups excluding carboxylic acids is 1. The minimum atomic E-state index is -3.61. The molecule has 148 valence electrons. The number of aromatic nitrogens is 2. The lowest BCUT2D eigenvalue weighted by Crippen LogP contribution is -2.26. The Labute approximate surface area is 160 Å². The summed E-state index contributed by atoms with van der Waals surface area (Å²) in [7, 11) is -3.61. The summed E-state index contributed by atoms with van der Waals surface area (Å²) in [6, 6.07) is -1.26. The van der Waals surface area contributed by atoms with Gasteiger partial charge in [-0.2, -0.15) is 5.10 Å². The summed E-state index contributed by atoms with van der Waals surface area (Å²) in [6.07, 6.45) is 3.89. The number of halogens is 1. The average Bonchev–Trinajstić information content (AvgIpc) is 3.12. The Morgan fingerprint density at radius 1 is 1.36 bits per heavy atom. The quantitative estimate of drug-likeness (QED) is 0.700. The second-order valence-corrected chi connectivity index (χ2v) is 8.86. The second kappa shape index (κ2) is 6.00. The summed E-state index contributed by atoms with van der Waals surface area (Å²) in [5, 5.41) is 21.8. The highest BCUT2D eigenvalue weighted by Gasteiger charge is 2.34. The molecule has 11 heteroatoms. The number of fused-ring (bicyclic) bond motifs is 3. The third-order valence-electron chi connectivity index (χ3n) is 5.56. The van der Waals surface area contributed by atoms with Crippen molar-refractivity contribution in [2.75, 3.05) is 18.5 Å². The van der Waals surface area contributed by atoms with Crippen molar-refractivity contribution >= 4 is 21.6 Å². The van der Waals surface area contributed by atoms with Crippen molar-refractivity contribution in [1.29, 1.82) is 0 Å². The van der Waals surface area contributed by atoms with Gasteiger partial charge in [-0.05, 0) is 47.9 Å². The molecule has 0 saturated heterocycles. The molecule has 1 aliphatic heterocycles. The van der Waals surface area contributed by atoms with Crippen LogP contribution in [0, 0.1) is 5.82 Å². The fourth-order valence-corrected chi connectivity index (χ4v) is 4.90. The predicted molar refractivity (Wildman–Crippen MR) is 97.1 cm³/mol. The average molecular weight is 407 g/mol. The number of hydrogen-bond acceptors (Lipinski definition) is 5. The zero-order chi connectivity index (χ0) is 19.6. The SMILES string of the molecule is NS(=O)(=NC(=O)Nc1c2c(c(F)c3c1CC3)CC2)c1cnn2c1OC[C@H]2CO. The summed E-state index contributed by atoms with van der Waals surface area (Å²) >= 11 is 0. The van der Waals surface area contributed by atoms with Crippen molar-refractivity contribution in [3.63, 3.8) is 0 Å². The molecule has 0 radical (unpaired) electrons. The highest BCUT2D eigenvalue weighted by Crippen LogP contribution is 2.43. The Morgan fingerprint density at radius 2 is 2.00 bits per heavy atom. The maximum absolute atomic E-state index is 14.3. The third kappa shape index (κ3) is 2.39. The van der Waals surface area contributed by atoms with Crippen LogP contribution in [-0.2, 0) is 35.6 Å². The van der Waals surface area contributed by atoms with Crippen LogP contribution in [0.1, 0.15) is 28.3 Å². The van der Waals surface area contributed by atoms with Gasteiger partial charge in [0.15, 0.2) is 9.92 Å². The van der Waals surface area contributed by atoms with Gasteiger partial charge in [-0.15, -0.1) is 4.36 Å². The summed E-state index contributed by atoms with van der Waals surface area (Å²) in [5.74, 6) is -0.0239. The van der Waals surface area contributed by atoms with Gasteiger partial charge in [-0.1, -0.05) is 0 Å². The number of nitrogens with two attached hydrogens (primary N) is 1. The number of nitrogens with zero attached hydrogens (tertiary/aromatic N) is 3. The Morgan fingerprint density at radius 3 is 2.57 bits per heavy atom. The van der Waals surface area contributed by atoms with Crippen LogP contribution >= 0.6 is 0 Å². The van der Waals surface area contributed by atoms with Crippen LogP contribution in [-0.4, -0.2) is 38.3 Å². The van der Waals surface area contributed by atoms with E-state index in [0.29, 0.717) is 42.5 Å². The van der Waals surface area contributed by atoms with Gasteiger partial charge >= 0.3 is 6.03 Å². The molecule has 28 heavy (non-hydrogen) atoms. The van der Waals surface area contributed by atoms with Gasteiger partial charge in [0.2, 0.25) is 5.88 Å². The first-order valence-electron chi connectivity index (χ1n) is 8.92. The van der Waals surface area contributed by atoms with E-state index in [4.69, 9.17) is 9.88 Å². The summed E-state index contributed by atoms with van der Waals surface area (Å²) in [5.41, 5.74) is 3.41. The molecule has 2 heterocycles. The van der Waals surface area contributed by atoms with Crippen LogP contribution in [0.5, 0.6) is 5.88 Å². The lowest BCUT2D eigenvalue weighted by molar-refractivity contribution is 0.206. The zero-order valence-corrected chi connectivity index (χ0v) is 15.6. The standard InChI is InChI=1S/C17H18FN5O4S/c18-14-9-1-3-11(9)15(12-4-2-10(12)14)21-17(25)22-28(19,26)13-5-20-23-8(6-24)7-27-16(13)23/h5,8,24H,1-4,6-7H2,(H3,19,21,22,25,26)/t8-,28?/m1/s1. The largest absolute Gasteiger partial charge is 0.475 e. The molecule has 0 fully saturated rings. The summed E-state index contributed by atoms with van der Waals surface area (Å²) in [6.45, 7) is -0.0272. The Bertz CT molecular complexity index is 1120. The number of nitrogens with one attached hydrogen (secondary N) is 1. The Hall–Kier alpha value is -2.50. The predicted octanol–water partition coefficient (Wildman–Crippen LogP) is 1.08. The molecule has 1 aromatic carbocycles. The Balaban J connectivity index is 1.47. The van der Waals surface area contributed by atoms with Gasteiger partial charge in [-0.25, -0.2) is 23.2 Å². The Kier molecular flexibility index (Phi) is 3.77. The zero-order valence-electron chi connectivity index (χ0n) is 14.8. The van der Waals surface area contributed by atoms with Gasteiger partial charge in [0, 0.05) is 5.69 Å². The molecule has 5 rings (SSSR count). The van der Waals surface area contributed by atoms with E-state index in [1.807, 2.05) is 0 Å². The molecule has 2 atom stereocenters. The highest BCUT2D eigenvalue weighted by atomic mass is 32.2. The molecule has 0 saturated carbocycles. The topological polar surface area (TPSA) is 132 Å². The van der Waals surface area contributed by atoms with Crippen LogP contribution < -0.4 is 15.2 Å². The number of anilines is 1. The van der Waals surface area contributed by atoms with Crippen molar-refractivity contribution in [2.45, 2.75) is 36.6 Å². The lowest BCUT2D eigenvalue weighted by Gasteiger charge is -2.32. The fraction of sp³-hybridized carbons (Fsp3) is 0.412. The van der Waals surface area contributed by atoms with Gasteiger partial charge in [0.05, 0.1) is 12.8 Å². The number of hydrogen-bond donors (Lipinski definition) is 3. The van der Waals surface area contributed by atoms with E-state index >= 15 is 0 Å². The van der Waals surface area contributed by atoms with Crippen molar-refractivity contribution < 1.29 is 23.2 Å². The number of amides is 2. The van der Waals surface area contributed by atoms with Crippen molar-refractivity contribution in [3.05, 3.63) is 34.3 Å². The van der Waals surface area contributed by atoms with Gasteiger partial charge in [0.25, 0.3) is 0 Å². The maximum atomic E-state index is 14.3. The molecule has 2 aliphatic carbocycles. The van der Waals surface area contributed by atoms with Crippen LogP contribution in [0.4, 0.5) is 14.9 Å². The van der Waals surface area contributed by atoms with Crippen LogP contribution in [0.3, 0.4) is 0 Å². The van der Waals surface area contributed by atoms with Gasteiger partial charge < -0.3 is 15.2 Å². The minimum Gasteiger partial charge on any atom is -0.475 e. The third-order valence-corrected chi connectivity index (χ3v) is 6.91. The smallest absolute Gasteiger partial charge is 0.354 e. The summed E-state index contributed by atoms with van der Waals surface area (Å²) < 4.78 is 37.6. The number of urea groups is 1. The molecule has 0 spiro atoms. The second-order valence-electron chi connectivity index (χ2n) is 7.10. The number of rotatable bonds is 3. The molecule has 1 unspecified atom stereocenters. The number of ether oxygens (including phenoxy) is 1. The molecule has 4 N–H and O–H groups in total. The van der Waals surface area contributed by atoms with E-state index in [-0.39, 0.29) is 29.8 Å². The monoisotopic (exact) mass is 407 g/mol. The molecule has 2 aromatic rings. The van der Waals surface area contributed by atoms with Gasteiger partial charge in [-0.3, -0.25) is 0 Å². The van der Waals surface area contributed by atoms with Crippen molar-refractivity contribution in [1.82, 2.24) is 9.78 Å². The van der Waals surface area contributed by atoms with Crippen LogP contribution in [0.25, 0.3) is 0 Å². The first-order chi connectivity index (χ1) is 13.4. The number of aliphatic hydroxyl groups is 1. The first kappa shape index (κ1) is 17.6. The number of aliphatic hydroxyl groups excluding tert-OH is 1. The molecule has 2 amide bonds. The summed E-state index contributed by atoms with van der Waals surface area (Å²) in [4.78, 5) is 12.5. The lowest BCUT2D eigenvalue weighted by atomic mass is 9.76. The normalized spacial score (nSPS) is 20.6. The molecule has 0 bridgehead atoms. The van der Waals surface area contributed by atoms with Crippen LogP contribution in [0.2, 0.25) is 0 Å². The van der Waals surface area contributed by atoms with Crippen molar-refractivity contribution in [2.24, 2.45) is 9.50 Å². The molecule has 9 nitrogen and oxygen atoms in total. The highest BCUT2D eigenvalue weighted by molar-refractivity contribution is 7.91. The van der Waals surface area contributed by atoms with Crippen molar-refractivity contribution in [3.8, 4) is 5.88 Å². The maximum Gasteiger partial charge on any atom is 0.354 e. The molecule has 1 aromatic heterocycles. The van der Waals surface area contributed by atoms with E-state index in [1.165, 1.54) is 10.9 Å².